The van der Waals surface area contributed by atoms with Crippen molar-refractivity contribution >= 4 is 24.0 Å². The first kappa shape index (κ1) is 19.4. The van der Waals surface area contributed by atoms with Crippen molar-refractivity contribution in [1.82, 2.24) is 10.6 Å². The van der Waals surface area contributed by atoms with Gasteiger partial charge in [0.05, 0.1) is 11.0 Å². The molecule has 1 saturated heterocycles. The molecule has 7 heteroatoms. The van der Waals surface area contributed by atoms with E-state index in [4.69, 9.17) is 0 Å². The highest BCUT2D eigenvalue weighted by Gasteiger charge is 2.18. The molecule has 0 aliphatic carbocycles. The molecule has 0 bridgehead atoms. The zero-order chi connectivity index (χ0) is 16.1. The number of nitrogens with zero attached hydrogens (tertiary/aromatic N) is 1. The maximum atomic E-state index is 12.0. The van der Waals surface area contributed by atoms with Gasteiger partial charge in [-0.15, -0.1) is 12.4 Å². The molecule has 1 amide bonds. The quantitative estimate of drug-likeness (QED) is 0.615. The van der Waals surface area contributed by atoms with Crippen molar-refractivity contribution in [2.24, 2.45) is 5.92 Å². The normalized spacial score (nSPS) is 18.1. The van der Waals surface area contributed by atoms with Crippen molar-refractivity contribution in [3.8, 4) is 0 Å². The van der Waals surface area contributed by atoms with Crippen LogP contribution in [0.2, 0.25) is 0 Å². The Labute approximate surface area is 142 Å². The number of rotatable bonds is 6. The fourth-order valence-corrected chi connectivity index (χ4v) is 2.79. The molecule has 0 aromatic heterocycles. The molecule has 1 aromatic rings. The van der Waals surface area contributed by atoms with Gasteiger partial charge < -0.3 is 10.6 Å². The van der Waals surface area contributed by atoms with E-state index < -0.39 is 0 Å². The van der Waals surface area contributed by atoms with E-state index in [2.05, 4.69) is 10.6 Å². The van der Waals surface area contributed by atoms with Crippen LogP contribution in [-0.2, 0) is 4.79 Å². The Hall–Kier alpha value is -1.66. The summed E-state index contributed by atoms with van der Waals surface area (Å²) in [6.07, 6.45) is 2.53. The molecular formula is C16H24ClN3O3. The summed E-state index contributed by atoms with van der Waals surface area (Å²) >= 11 is 0. The van der Waals surface area contributed by atoms with E-state index in [1.54, 1.807) is 19.1 Å². The molecule has 128 valence electrons. The number of hydrogen-bond acceptors (Lipinski definition) is 4. The molecule has 1 aliphatic rings. The average Bonchev–Trinajstić information content (AvgIpc) is 2.98. The highest BCUT2D eigenvalue weighted by molar-refractivity contribution is 5.85. The van der Waals surface area contributed by atoms with Crippen LogP contribution in [0, 0.1) is 23.0 Å². The SMILES string of the molecule is Cc1ccc(C(C)NC(=O)CCC2CCNC2)cc1[N+](=O)[O-].Cl. The molecule has 1 aliphatic heterocycles. The molecule has 0 saturated carbocycles. The number of amides is 1. The lowest BCUT2D eigenvalue weighted by Gasteiger charge is -2.15. The van der Waals surface area contributed by atoms with Gasteiger partial charge in [-0.1, -0.05) is 12.1 Å². The average molecular weight is 342 g/mol. The zero-order valence-electron chi connectivity index (χ0n) is 13.5. The lowest BCUT2D eigenvalue weighted by molar-refractivity contribution is -0.385. The number of nitro groups is 1. The second-order valence-corrected chi connectivity index (χ2v) is 5.99. The number of nitro benzene ring substituents is 1. The minimum absolute atomic E-state index is 0. The highest BCUT2D eigenvalue weighted by atomic mass is 35.5. The Morgan fingerprint density at radius 2 is 2.26 bits per heavy atom. The van der Waals surface area contributed by atoms with Gasteiger partial charge in [-0.3, -0.25) is 14.9 Å². The molecule has 2 rings (SSSR count). The summed E-state index contributed by atoms with van der Waals surface area (Å²) in [5.74, 6) is 0.587. The molecular weight excluding hydrogens is 318 g/mol. The Kier molecular flexibility index (Phi) is 7.45. The van der Waals surface area contributed by atoms with Crippen LogP contribution in [0.15, 0.2) is 18.2 Å². The molecule has 2 N–H and O–H groups in total. The van der Waals surface area contributed by atoms with Gasteiger partial charge in [0.2, 0.25) is 5.91 Å². The second kappa shape index (κ2) is 8.84. The van der Waals surface area contributed by atoms with E-state index in [9.17, 15) is 14.9 Å². The van der Waals surface area contributed by atoms with Gasteiger partial charge in [-0.05, 0) is 51.3 Å². The van der Waals surface area contributed by atoms with Crippen LogP contribution in [0.3, 0.4) is 0 Å². The van der Waals surface area contributed by atoms with E-state index >= 15 is 0 Å². The third-order valence-corrected chi connectivity index (χ3v) is 4.25. The fourth-order valence-electron chi connectivity index (χ4n) is 2.79. The third-order valence-electron chi connectivity index (χ3n) is 4.25. The van der Waals surface area contributed by atoms with Crippen LogP contribution in [0.4, 0.5) is 5.69 Å². The molecule has 1 aromatic carbocycles. The summed E-state index contributed by atoms with van der Waals surface area (Å²) in [7, 11) is 0. The first-order valence-corrected chi connectivity index (χ1v) is 7.72. The summed E-state index contributed by atoms with van der Waals surface area (Å²) in [5.41, 5.74) is 1.48. The van der Waals surface area contributed by atoms with E-state index in [1.807, 2.05) is 13.0 Å². The molecule has 23 heavy (non-hydrogen) atoms. The number of hydrogen-bond donors (Lipinski definition) is 2. The van der Waals surface area contributed by atoms with Crippen LogP contribution in [0.5, 0.6) is 0 Å². The minimum Gasteiger partial charge on any atom is -0.350 e. The Balaban J connectivity index is 0.00000264. The molecule has 2 unspecified atom stereocenters. The summed E-state index contributed by atoms with van der Waals surface area (Å²) in [5, 5.41) is 17.2. The Bertz CT molecular complexity index is 560. The van der Waals surface area contributed by atoms with Crippen LogP contribution >= 0.6 is 12.4 Å². The Morgan fingerprint density at radius 3 is 2.87 bits per heavy atom. The maximum Gasteiger partial charge on any atom is 0.272 e. The van der Waals surface area contributed by atoms with E-state index in [-0.39, 0.29) is 35.0 Å². The first-order valence-electron chi connectivity index (χ1n) is 7.72. The number of benzene rings is 1. The van der Waals surface area contributed by atoms with Crippen molar-refractivity contribution in [1.29, 1.82) is 0 Å². The van der Waals surface area contributed by atoms with Gasteiger partial charge in [0.1, 0.15) is 0 Å². The van der Waals surface area contributed by atoms with Gasteiger partial charge >= 0.3 is 0 Å². The first-order chi connectivity index (χ1) is 10.5. The number of nitrogens with one attached hydrogen (secondary N) is 2. The number of carbonyl (C=O) groups excluding carboxylic acids is 1. The predicted molar refractivity (Wildman–Crippen MR) is 91.8 cm³/mol. The maximum absolute atomic E-state index is 12.0. The van der Waals surface area contributed by atoms with Crippen molar-refractivity contribution in [2.45, 2.75) is 39.2 Å². The number of aryl methyl sites for hydroxylation is 1. The standard InChI is InChI=1S/C16H23N3O3.ClH/c1-11-3-5-14(9-15(11)19(21)22)12(2)18-16(20)6-4-13-7-8-17-10-13;/h3,5,9,12-13,17H,4,6-8,10H2,1-2H3,(H,18,20);1H. The highest BCUT2D eigenvalue weighted by Crippen LogP contribution is 2.23. The second-order valence-electron chi connectivity index (χ2n) is 5.99. The molecule has 0 radical (unpaired) electrons. The smallest absolute Gasteiger partial charge is 0.272 e. The van der Waals surface area contributed by atoms with E-state index in [0.29, 0.717) is 17.9 Å². The van der Waals surface area contributed by atoms with Gasteiger partial charge in [-0.2, -0.15) is 0 Å². The molecule has 6 nitrogen and oxygen atoms in total. The van der Waals surface area contributed by atoms with Crippen LogP contribution in [0.25, 0.3) is 0 Å². The lowest BCUT2D eigenvalue weighted by atomic mass is 10.0. The summed E-state index contributed by atoms with van der Waals surface area (Å²) in [6, 6.07) is 4.86. The fraction of sp³-hybridized carbons (Fsp3) is 0.562. The van der Waals surface area contributed by atoms with E-state index in [1.165, 1.54) is 0 Å². The summed E-state index contributed by atoms with van der Waals surface area (Å²) < 4.78 is 0. The van der Waals surface area contributed by atoms with Crippen molar-refractivity contribution < 1.29 is 9.72 Å². The number of carbonyl (C=O) groups is 1. The molecule has 0 spiro atoms. The lowest BCUT2D eigenvalue weighted by Crippen LogP contribution is -2.27. The zero-order valence-corrected chi connectivity index (χ0v) is 14.3. The van der Waals surface area contributed by atoms with Crippen molar-refractivity contribution in [3.05, 3.63) is 39.4 Å². The molecule has 2 atom stereocenters. The third kappa shape index (κ3) is 5.48. The topological polar surface area (TPSA) is 84.3 Å². The number of halogens is 1. The molecule has 1 heterocycles. The summed E-state index contributed by atoms with van der Waals surface area (Å²) in [6.45, 7) is 5.59. The van der Waals surface area contributed by atoms with Crippen LogP contribution < -0.4 is 10.6 Å². The van der Waals surface area contributed by atoms with Gasteiger partial charge in [-0.25, -0.2) is 0 Å². The van der Waals surface area contributed by atoms with Crippen molar-refractivity contribution in [2.75, 3.05) is 13.1 Å². The minimum atomic E-state index is -0.388. The van der Waals surface area contributed by atoms with Gasteiger partial charge in [0.25, 0.3) is 5.69 Å². The Morgan fingerprint density at radius 1 is 1.52 bits per heavy atom. The molecule has 1 fully saturated rings. The predicted octanol–water partition coefficient (Wildman–Crippen LogP) is 2.89. The summed E-state index contributed by atoms with van der Waals surface area (Å²) in [4.78, 5) is 22.6. The van der Waals surface area contributed by atoms with E-state index in [0.717, 1.165) is 31.5 Å². The largest absolute Gasteiger partial charge is 0.350 e. The van der Waals surface area contributed by atoms with Crippen LogP contribution in [-0.4, -0.2) is 23.9 Å². The van der Waals surface area contributed by atoms with Gasteiger partial charge in [0.15, 0.2) is 0 Å². The van der Waals surface area contributed by atoms with Gasteiger partial charge in [0, 0.05) is 18.1 Å². The monoisotopic (exact) mass is 341 g/mol. The van der Waals surface area contributed by atoms with Crippen LogP contribution in [0.1, 0.15) is 43.4 Å². The van der Waals surface area contributed by atoms with Crippen molar-refractivity contribution in [3.63, 3.8) is 0 Å².